The maximum atomic E-state index is 13.0. The van der Waals surface area contributed by atoms with Crippen molar-refractivity contribution in [2.24, 2.45) is 5.73 Å². The number of anilines is 2. The molecular formula is C22H21N5O2S. The smallest absolute Gasteiger partial charge is 0.264 e. The summed E-state index contributed by atoms with van der Waals surface area (Å²) >= 11 is 1.39. The third-order valence-electron chi connectivity index (χ3n) is 5.50. The summed E-state index contributed by atoms with van der Waals surface area (Å²) < 4.78 is 0.904. The Kier molecular flexibility index (Phi) is 4.43. The molecule has 8 heteroatoms. The largest absolute Gasteiger partial charge is 0.368 e. The van der Waals surface area contributed by atoms with Crippen LogP contribution in [-0.2, 0) is 4.79 Å². The normalized spacial score (nSPS) is 16.4. The Morgan fingerprint density at radius 3 is 2.97 bits per heavy atom. The molecule has 30 heavy (non-hydrogen) atoms. The SMILES string of the molecule is Cc1cc2cc(Nc3ccnc4cc(C(=O)N5CCC[C@H]5C(N)=O)sc34)ccc2[nH]1. The minimum Gasteiger partial charge on any atom is -0.368 e. The van der Waals surface area contributed by atoms with E-state index in [4.69, 9.17) is 5.73 Å². The predicted molar refractivity (Wildman–Crippen MR) is 119 cm³/mol. The summed E-state index contributed by atoms with van der Waals surface area (Å²) in [5.41, 5.74) is 10.3. The van der Waals surface area contributed by atoms with E-state index in [0.717, 1.165) is 44.6 Å². The molecule has 1 atom stereocenters. The molecule has 1 aliphatic rings. The summed E-state index contributed by atoms with van der Waals surface area (Å²) in [6, 6.07) is 11.4. The number of hydrogen-bond acceptors (Lipinski definition) is 5. The summed E-state index contributed by atoms with van der Waals surface area (Å²) in [6.07, 6.45) is 3.14. The van der Waals surface area contributed by atoms with Gasteiger partial charge in [-0.15, -0.1) is 11.3 Å². The summed E-state index contributed by atoms with van der Waals surface area (Å²) in [5.74, 6) is -0.604. The minimum atomic E-state index is -0.523. The van der Waals surface area contributed by atoms with Gasteiger partial charge in [0.1, 0.15) is 6.04 Å². The number of rotatable bonds is 4. The highest BCUT2D eigenvalue weighted by Crippen LogP contribution is 2.34. The first-order valence-electron chi connectivity index (χ1n) is 9.85. The predicted octanol–water partition coefficient (Wildman–Crippen LogP) is 3.92. The molecule has 0 saturated carbocycles. The molecule has 3 aromatic heterocycles. The zero-order chi connectivity index (χ0) is 20.8. The van der Waals surface area contributed by atoms with E-state index in [-0.39, 0.29) is 5.91 Å². The lowest BCUT2D eigenvalue weighted by atomic mass is 10.2. The monoisotopic (exact) mass is 419 g/mol. The Balaban J connectivity index is 1.47. The molecule has 0 aliphatic carbocycles. The van der Waals surface area contributed by atoms with Crippen molar-refractivity contribution >= 4 is 55.6 Å². The van der Waals surface area contributed by atoms with Gasteiger partial charge in [0.25, 0.3) is 5.91 Å². The summed E-state index contributed by atoms with van der Waals surface area (Å²) in [4.78, 5) is 34.6. The number of nitrogens with zero attached hydrogens (tertiary/aromatic N) is 2. The van der Waals surface area contributed by atoms with Crippen LogP contribution in [0.25, 0.3) is 21.1 Å². The van der Waals surface area contributed by atoms with Crippen molar-refractivity contribution in [3.05, 3.63) is 53.2 Å². The fraction of sp³-hybridized carbons (Fsp3) is 0.227. The maximum absolute atomic E-state index is 13.0. The van der Waals surface area contributed by atoms with Crippen LogP contribution >= 0.6 is 11.3 Å². The second-order valence-electron chi connectivity index (χ2n) is 7.62. The van der Waals surface area contributed by atoms with E-state index in [0.29, 0.717) is 17.8 Å². The molecule has 0 bridgehead atoms. The quantitative estimate of drug-likeness (QED) is 0.466. The number of primary amides is 1. The molecule has 4 heterocycles. The highest BCUT2D eigenvalue weighted by atomic mass is 32.1. The lowest BCUT2D eigenvalue weighted by Gasteiger charge is -2.21. The number of H-pyrrole nitrogens is 1. The van der Waals surface area contributed by atoms with Crippen LogP contribution in [0.3, 0.4) is 0 Å². The van der Waals surface area contributed by atoms with Gasteiger partial charge in [-0.25, -0.2) is 0 Å². The summed E-state index contributed by atoms with van der Waals surface area (Å²) in [5, 5.41) is 4.59. The Morgan fingerprint density at radius 2 is 2.13 bits per heavy atom. The van der Waals surface area contributed by atoms with Crippen molar-refractivity contribution in [2.45, 2.75) is 25.8 Å². The number of nitrogens with one attached hydrogen (secondary N) is 2. The number of aromatic amines is 1. The lowest BCUT2D eigenvalue weighted by molar-refractivity contribution is -0.121. The number of thiophene rings is 1. The topological polar surface area (TPSA) is 104 Å². The summed E-state index contributed by atoms with van der Waals surface area (Å²) in [7, 11) is 0. The summed E-state index contributed by atoms with van der Waals surface area (Å²) in [6.45, 7) is 2.59. The fourth-order valence-electron chi connectivity index (χ4n) is 4.10. The first-order valence-corrected chi connectivity index (χ1v) is 10.7. The molecule has 0 radical (unpaired) electrons. The molecular weight excluding hydrogens is 398 g/mol. The molecule has 1 aromatic carbocycles. The van der Waals surface area contributed by atoms with Gasteiger partial charge in [0.05, 0.1) is 20.8 Å². The number of likely N-dealkylation sites (tertiary alicyclic amines) is 1. The Labute approximate surface area is 176 Å². The molecule has 5 rings (SSSR count). The van der Waals surface area contributed by atoms with E-state index in [1.165, 1.54) is 11.3 Å². The minimum absolute atomic E-state index is 0.158. The van der Waals surface area contributed by atoms with Crippen LogP contribution in [0.1, 0.15) is 28.2 Å². The third kappa shape index (κ3) is 3.19. The molecule has 0 unspecified atom stereocenters. The molecule has 2 amide bonds. The zero-order valence-electron chi connectivity index (χ0n) is 16.4. The van der Waals surface area contributed by atoms with Crippen LogP contribution in [0.15, 0.2) is 42.6 Å². The highest BCUT2D eigenvalue weighted by molar-refractivity contribution is 7.21. The van der Waals surface area contributed by atoms with Gasteiger partial charge in [-0.2, -0.15) is 0 Å². The Hall–Kier alpha value is -3.39. The lowest BCUT2D eigenvalue weighted by Crippen LogP contribution is -2.43. The van der Waals surface area contributed by atoms with Gasteiger partial charge in [-0.3, -0.25) is 14.6 Å². The molecule has 1 aliphatic heterocycles. The molecule has 4 aromatic rings. The zero-order valence-corrected chi connectivity index (χ0v) is 17.3. The number of amides is 2. The Bertz CT molecular complexity index is 1290. The van der Waals surface area contributed by atoms with Crippen LogP contribution in [0, 0.1) is 6.92 Å². The maximum Gasteiger partial charge on any atom is 0.264 e. The van der Waals surface area contributed by atoms with Gasteiger partial charge in [0, 0.05) is 35.0 Å². The molecule has 7 nitrogen and oxygen atoms in total. The van der Waals surface area contributed by atoms with Crippen LogP contribution < -0.4 is 11.1 Å². The van der Waals surface area contributed by atoms with Crippen molar-refractivity contribution in [1.82, 2.24) is 14.9 Å². The second-order valence-corrected chi connectivity index (χ2v) is 8.67. The van der Waals surface area contributed by atoms with Crippen LogP contribution in [0.4, 0.5) is 11.4 Å². The second kappa shape index (κ2) is 7.14. The van der Waals surface area contributed by atoms with Crippen LogP contribution in [0.2, 0.25) is 0 Å². The number of fused-ring (bicyclic) bond motifs is 2. The van der Waals surface area contributed by atoms with E-state index >= 15 is 0 Å². The molecule has 152 valence electrons. The van der Waals surface area contributed by atoms with Crippen molar-refractivity contribution in [3.63, 3.8) is 0 Å². The average Bonchev–Trinajstić information content (AvgIpc) is 3.44. The van der Waals surface area contributed by atoms with Crippen LogP contribution in [-0.4, -0.2) is 39.3 Å². The fourth-order valence-corrected chi connectivity index (χ4v) is 5.14. The van der Waals surface area contributed by atoms with Gasteiger partial charge in [-0.05, 0) is 56.2 Å². The first-order chi connectivity index (χ1) is 14.5. The number of aromatic nitrogens is 2. The molecule has 4 N–H and O–H groups in total. The van der Waals surface area contributed by atoms with Crippen molar-refractivity contribution in [1.29, 1.82) is 0 Å². The van der Waals surface area contributed by atoms with Crippen molar-refractivity contribution in [2.75, 3.05) is 11.9 Å². The number of benzene rings is 1. The first kappa shape index (κ1) is 18.6. The standard InChI is InChI=1S/C22H21N5O2S/c1-12-9-13-10-14(4-5-15(13)25-12)26-16-6-7-24-17-11-19(30-20(16)17)22(29)27-8-2-3-18(27)21(23)28/h4-7,9-11,18,25H,2-3,8H2,1H3,(H2,23,28)(H,24,26)/t18-/m0/s1. The van der Waals surface area contributed by atoms with E-state index in [1.54, 1.807) is 17.2 Å². The third-order valence-corrected chi connectivity index (χ3v) is 6.64. The van der Waals surface area contributed by atoms with E-state index in [9.17, 15) is 9.59 Å². The van der Waals surface area contributed by atoms with Gasteiger partial charge < -0.3 is 20.9 Å². The van der Waals surface area contributed by atoms with Gasteiger partial charge in [0.2, 0.25) is 5.91 Å². The van der Waals surface area contributed by atoms with Crippen LogP contribution in [0.5, 0.6) is 0 Å². The number of nitrogens with two attached hydrogens (primary N) is 1. The van der Waals surface area contributed by atoms with E-state index in [2.05, 4.69) is 27.4 Å². The molecule has 1 saturated heterocycles. The molecule has 0 spiro atoms. The number of hydrogen-bond donors (Lipinski definition) is 3. The van der Waals surface area contributed by atoms with E-state index in [1.807, 2.05) is 25.1 Å². The number of pyridine rings is 1. The average molecular weight is 420 g/mol. The van der Waals surface area contributed by atoms with Gasteiger partial charge in [0.15, 0.2) is 0 Å². The number of aryl methyl sites for hydroxylation is 1. The Morgan fingerprint density at radius 1 is 1.27 bits per heavy atom. The van der Waals surface area contributed by atoms with Gasteiger partial charge >= 0.3 is 0 Å². The number of carbonyl (C=O) groups excluding carboxylic acids is 2. The number of carbonyl (C=O) groups is 2. The van der Waals surface area contributed by atoms with E-state index < -0.39 is 11.9 Å². The van der Waals surface area contributed by atoms with Gasteiger partial charge in [-0.1, -0.05) is 0 Å². The van der Waals surface area contributed by atoms with Crippen molar-refractivity contribution in [3.8, 4) is 0 Å². The van der Waals surface area contributed by atoms with Crippen molar-refractivity contribution < 1.29 is 9.59 Å². The highest BCUT2D eigenvalue weighted by Gasteiger charge is 2.34. The molecule has 1 fully saturated rings.